The molecule has 0 spiro atoms. The first-order valence-corrected chi connectivity index (χ1v) is 8.03. The molecule has 0 bridgehead atoms. The molecule has 0 aliphatic carbocycles. The lowest BCUT2D eigenvalue weighted by atomic mass is 10.00. The van der Waals surface area contributed by atoms with Crippen LogP contribution >= 0.6 is 12.4 Å². The van der Waals surface area contributed by atoms with Gasteiger partial charge in [-0.25, -0.2) is 4.39 Å². The maximum Gasteiger partial charge on any atom is 0.257 e. The largest absolute Gasteiger partial charge is 0.496 e. The minimum absolute atomic E-state index is 0. The molecule has 1 amide bonds. The number of nitrogens with one attached hydrogen (secondary N) is 1. The number of piperazine rings is 1. The Morgan fingerprint density at radius 1 is 1.24 bits per heavy atom. The number of carbonyl (C=O) groups excluding carboxylic acids is 1. The molecule has 0 radical (unpaired) electrons. The van der Waals surface area contributed by atoms with Crippen LogP contribution in [0.25, 0.3) is 0 Å². The van der Waals surface area contributed by atoms with E-state index in [9.17, 15) is 9.18 Å². The number of carbonyl (C=O) groups is 1. The lowest BCUT2D eigenvalue weighted by Crippen LogP contribution is -2.49. The summed E-state index contributed by atoms with van der Waals surface area (Å²) < 4.78 is 19.8. The Morgan fingerprint density at radius 2 is 2.00 bits per heavy atom. The number of hydrogen-bond acceptors (Lipinski definition) is 3. The Labute approximate surface area is 153 Å². The summed E-state index contributed by atoms with van der Waals surface area (Å²) in [5.74, 6) is 0.00197. The number of nitrogens with zero attached hydrogens (tertiary/aromatic N) is 1. The molecule has 1 aliphatic heterocycles. The third-order valence-corrected chi connectivity index (χ3v) is 4.42. The van der Waals surface area contributed by atoms with Crippen LogP contribution in [0.4, 0.5) is 4.39 Å². The van der Waals surface area contributed by atoms with Crippen LogP contribution in [0.5, 0.6) is 5.75 Å². The third kappa shape index (κ3) is 3.78. The van der Waals surface area contributed by atoms with E-state index in [0.717, 1.165) is 11.3 Å². The van der Waals surface area contributed by atoms with Crippen molar-refractivity contribution in [2.75, 3.05) is 26.7 Å². The highest BCUT2D eigenvalue weighted by Gasteiger charge is 2.31. The number of hydrogen-bond donors (Lipinski definition) is 1. The van der Waals surface area contributed by atoms with Crippen LogP contribution in [0.15, 0.2) is 42.5 Å². The van der Waals surface area contributed by atoms with Gasteiger partial charge in [-0.15, -0.1) is 12.4 Å². The Balaban J connectivity index is 0.00000225. The number of halogens is 2. The minimum atomic E-state index is -0.445. The van der Waals surface area contributed by atoms with Crippen molar-refractivity contribution in [2.24, 2.45) is 0 Å². The summed E-state index contributed by atoms with van der Waals surface area (Å²) in [6.45, 7) is 3.49. The van der Waals surface area contributed by atoms with Crippen LogP contribution in [0.2, 0.25) is 0 Å². The molecule has 0 aromatic heterocycles. The molecular formula is C19H22ClFN2O2. The molecule has 1 saturated heterocycles. The molecule has 2 aromatic rings. The molecule has 4 nitrogen and oxygen atoms in total. The fraction of sp³-hybridized carbons (Fsp3) is 0.316. The third-order valence-electron chi connectivity index (χ3n) is 4.42. The van der Waals surface area contributed by atoms with Crippen molar-refractivity contribution in [1.29, 1.82) is 0 Å². The molecule has 1 unspecified atom stereocenters. The summed E-state index contributed by atoms with van der Waals surface area (Å²) in [4.78, 5) is 14.7. The van der Waals surface area contributed by atoms with Gasteiger partial charge < -0.3 is 15.0 Å². The van der Waals surface area contributed by atoms with E-state index in [1.807, 2.05) is 24.3 Å². The van der Waals surface area contributed by atoms with E-state index in [1.54, 1.807) is 37.1 Å². The molecule has 25 heavy (non-hydrogen) atoms. The van der Waals surface area contributed by atoms with Gasteiger partial charge >= 0.3 is 0 Å². The van der Waals surface area contributed by atoms with Gasteiger partial charge in [-0.1, -0.05) is 30.3 Å². The quantitative estimate of drug-likeness (QED) is 0.908. The highest BCUT2D eigenvalue weighted by Crippen LogP contribution is 2.31. The number of aryl methyl sites for hydroxylation is 1. The molecule has 0 saturated carbocycles. The van der Waals surface area contributed by atoms with Gasteiger partial charge in [-0.2, -0.15) is 0 Å². The van der Waals surface area contributed by atoms with Gasteiger partial charge in [0.05, 0.1) is 18.7 Å². The van der Waals surface area contributed by atoms with Gasteiger partial charge in [0.1, 0.15) is 11.6 Å². The normalized spacial score (nSPS) is 16.9. The van der Waals surface area contributed by atoms with Crippen LogP contribution in [0.1, 0.15) is 27.5 Å². The Kier molecular flexibility index (Phi) is 6.39. The standard InChI is InChI=1S/C19H21FN2O2.ClH/c1-13-6-5-8-15(18(13)20)19(23)22-11-10-21-12-16(22)14-7-3-4-9-17(14)24-2;/h3-9,16,21H,10-12H2,1-2H3;1H. The highest BCUT2D eigenvalue weighted by atomic mass is 35.5. The average Bonchev–Trinajstić information content (AvgIpc) is 2.63. The zero-order valence-corrected chi connectivity index (χ0v) is 15.1. The van der Waals surface area contributed by atoms with Crippen molar-refractivity contribution in [3.8, 4) is 5.75 Å². The SMILES string of the molecule is COc1ccccc1C1CNCCN1C(=O)c1cccc(C)c1F.Cl. The minimum Gasteiger partial charge on any atom is -0.496 e. The van der Waals surface area contributed by atoms with Crippen molar-refractivity contribution in [3.63, 3.8) is 0 Å². The van der Waals surface area contributed by atoms with Gasteiger partial charge in [0.15, 0.2) is 0 Å². The number of ether oxygens (including phenoxy) is 1. The summed E-state index contributed by atoms with van der Waals surface area (Å²) >= 11 is 0. The smallest absolute Gasteiger partial charge is 0.257 e. The van der Waals surface area contributed by atoms with Crippen molar-refractivity contribution >= 4 is 18.3 Å². The number of benzene rings is 2. The van der Waals surface area contributed by atoms with E-state index in [4.69, 9.17) is 4.74 Å². The molecule has 134 valence electrons. The number of rotatable bonds is 3. The van der Waals surface area contributed by atoms with E-state index >= 15 is 0 Å². The second kappa shape index (κ2) is 8.32. The van der Waals surface area contributed by atoms with Crippen molar-refractivity contribution < 1.29 is 13.9 Å². The summed E-state index contributed by atoms with van der Waals surface area (Å²) in [6, 6.07) is 12.4. The van der Waals surface area contributed by atoms with Gasteiger partial charge in [0, 0.05) is 25.2 Å². The van der Waals surface area contributed by atoms with Crippen LogP contribution in [0.3, 0.4) is 0 Å². The fourth-order valence-corrected chi connectivity index (χ4v) is 3.13. The van der Waals surface area contributed by atoms with Crippen molar-refractivity contribution in [3.05, 3.63) is 65.0 Å². The molecule has 6 heteroatoms. The van der Waals surface area contributed by atoms with Gasteiger partial charge in [-0.3, -0.25) is 4.79 Å². The summed E-state index contributed by atoms with van der Waals surface area (Å²) in [5.41, 5.74) is 1.52. The Hall–Kier alpha value is -2.11. The second-order valence-corrected chi connectivity index (χ2v) is 5.90. The number of amides is 1. The first-order chi connectivity index (χ1) is 11.6. The summed E-state index contributed by atoms with van der Waals surface area (Å²) in [7, 11) is 1.61. The zero-order chi connectivity index (χ0) is 17.1. The fourth-order valence-electron chi connectivity index (χ4n) is 3.13. The summed E-state index contributed by atoms with van der Waals surface area (Å²) in [6.07, 6.45) is 0. The maximum absolute atomic E-state index is 14.4. The molecule has 1 fully saturated rings. The highest BCUT2D eigenvalue weighted by molar-refractivity contribution is 5.95. The lowest BCUT2D eigenvalue weighted by molar-refractivity contribution is 0.0626. The first-order valence-electron chi connectivity index (χ1n) is 8.03. The van der Waals surface area contributed by atoms with Gasteiger partial charge in [0.2, 0.25) is 0 Å². The van der Waals surface area contributed by atoms with Gasteiger partial charge in [-0.05, 0) is 24.6 Å². The predicted octanol–water partition coefficient (Wildman–Crippen LogP) is 3.35. The maximum atomic E-state index is 14.4. The molecule has 1 N–H and O–H groups in total. The molecule has 1 atom stereocenters. The first kappa shape index (κ1) is 19.2. The monoisotopic (exact) mass is 364 g/mol. The van der Waals surface area contributed by atoms with E-state index < -0.39 is 5.82 Å². The van der Waals surface area contributed by atoms with Crippen LogP contribution in [0, 0.1) is 12.7 Å². The van der Waals surface area contributed by atoms with Crippen molar-refractivity contribution in [2.45, 2.75) is 13.0 Å². The molecule has 2 aromatic carbocycles. The number of methoxy groups -OCH3 is 1. The second-order valence-electron chi connectivity index (χ2n) is 5.90. The van der Waals surface area contributed by atoms with E-state index in [1.165, 1.54) is 0 Å². The van der Waals surface area contributed by atoms with E-state index in [2.05, 4.69) is 5.32 Å². The lowest BCUT2D eigenvalue weighted by Gasteiger charge is -2.37. The van der Waals surface area contributed by atoms with E-state index in [-0.39, 0.29) is 29.9 Å². The van der Waals surface area contributed by atoms with Crippen LogP contribution in [-0.4, -0.2) is 37.6 Å². The molecular weight excluding hydrogens is 343 g/mol. The van der Waals surface area contributed by atoms with Crippen LogP contribution < -0.4 is 10.1 Å². The van der Waals surface area contributed by atoms with Crippen LogP contribution in [-0.2, 0) is 0 Å². The average molecular weight is 365 g/mol. The molecule has 1 aliphatic rings. The molecule has 3 rings (SSSR count). The summed E-state index contributed by atoms with van der Waals surface area (Å²) in [5, 5.41) is 3.30. The zero-order valence-electron chi connectivity index (χ0n) is 14.3. The number of para-hydroxylation sites is 1. The predicted molar refractivity (Wildman–Crippen MR) is 98.0 cm³/mol. The topological polar surface area (TPSA) is 41.6 Å². The molecule has 1 heterocycles. The van der Waals surface area contributed by atoms with E-state index in [0.29, 0.717) is 25.2 Å². The Morgan fingerprint density at radius 3 is 2.76 bits per heavy atom. The van der Waals surface area contributed by atoms with Gasteiger partial charge in [0.25, 0.3) is 5.91 Å². The Bertz CT molecular complexity index is 754. The van der Waals surface area contributed by atoms with Crippen molar-refractivity contribution in [1.82, 2.24) is 10.2 Å².